The van der Waals surface area contributed by atoms with E-state index in [2.05, 4.69) is 29.4 Å². The Labute approximate surface area is 135 Å². The fraction of sp³-hybridized carbons (Fsp3) is 0. The fourth-order valence-electron chi connectivity index (χ4n) is 2.58. The standard InChI is InChI=1S/C19H16N4/c1-4-10-17(11-5-1)21-16-20-22(18-12-6-2-7-13-18)23(21)19-14-8-3-9-15-19/h1-16H. The van der Waals surface area contributed by atoms with Gasteiger partial charge in [-0.05, 0) is 36.4 Å². The van der Waals surface area contributed by atoms with Crippen molar-refractivity contribution in [2.24, 2.45) is 5.10 Å². The summed E-state index contributed by atoms with van der Waals surface area (Å²) in [5.74, 6) is 0. The number of benzene rings is 3. The zero-order valence-corrected chi connectivity index (χ0v) is 12.5. The molecule has 112 valence electrons. The third kappa shape index (κ3) is 2.51. The van der Waals surface area contributed by atoms with Crippen LogP contribution < -0.4 is 15.2 Å². The molecule has 0 atom stereocenters. The number of para-hydroxylation sites is 3. The van der Waals surface area contributed by atoms with Gasteiger partial charge in [-0.2, -0.15) is 10.2 Å². The van der Waals surface area contributed by atoms with Crippen LogP contribution in [0.15, 0.2) is 96.1 Å². The summed E-state index contributed by atoms with van der Waals surface area (Å²) in [6.45, 7) is 0. The van der Waals surface area contributed by atoms with Gasteiger partial charge < -0.3 is 0 Å². The minimum absolute atomic E-state index is 1.01. The lowest BCUT2D eigenvalue weighted by atomic mass is 10.3. The van der Waals surface area contributed by atoms with Crippen molar-refractivity contribution in [3.8, 4) is 0 Å². The van der Waals surface area contributed by atoms with Gasteiger partial charge >= 0.3 is 0 Å². The molecular weight excluding hydrogens is 284 g/mol. The molecule has 0 aliphatic carbocycles. The maximum atomic E-state index is 4.58. The first-order chi connectivity index (χ1) is 11.4. The van der Waals surface area contributed by atoms with Gasteiger partial charge in [0.25, 0.3) is 0 Å². The highest BCUT2D eigenvalue weighted by Crippen LogP contribution is 2.30. The number of rotatable bonds is 3. The van der Waals surface area contributed by atoms with Crippen LogP contribution in [0.2, 0.25) is 0 Å². The van der Waals surface area contributed by atoms with Crippen LogP contribution in [-0.2, 0) is 0 Å². The summed E-state index contributed by atoms with van der Waals surface area (Å²) in [6.07, 6.45) is 1.83. The molecule has 0 aromatic heterocycles. The van der Waals surface area contributed by atoms with Crippen LogP contribution in [-0.4, -0.2) is 6.34 Å². The largest absolute Gasteiger partial charge is 0.220 e. The second-order valence-electron chi connectivity index (χ2n) is 5.16. The quantitative estimate of drug-likeness (QED) is 0.720. The van der Waals surface area contributed by atoms with Crippen molar-refractivity contribution in [3.63, 3.8) is 0 Å². The molecule has 0 N–H and O–H groups in total. The molecule has 0 fully saturated rings. The first-order valence-electron chi connectivity index (χ1n) is 7.52. The van der Waals surface area contributed by atoms with Crippen molar-refractivity contribution in [1.82, 2.24) is 0 Å². The van der Waals surface area contributed by atoms with E-state index in [0.29, 0.717) is 0 Å². The maximum absolute atomic E-state index is 4.58. The Balaban J connectivity index is 1.78. The van der Waals surface area contributed by atoms with E-state index in [4.69, 9.17) is 0 Å². The van der Waals surface area contributed by atoms with Crippen molar-refractivity contribution in [3.05, 3.63) is 91.0 Å². The summed E-state index contributed by atoms with van der Waals surface area (Å²) >= 11 is 0. The van der Waals surface area contributed by atoms with Crippen molar-refractivity contribution in [2.75, 3.05) is 15.2 Å². The summed E-state index contributed by atoms with van der Waals surface area (Å²) in [5, 5.41) is 10.5. The van der Waals surface area contributed by atoms with E-state index in [0.717, 1.165) is 17.1 Å². The van der Waals surface area contributed by atoms with Crippen molar-refractivity contribution in [1.29, 1.82) is 0 Å². The molecule has 0 bridgehead atoms. The Morgan fingerprint density at radius 2 is 1.00 bits per heavy atom. The van der Waals surface area contributed by atoms with Crippen molar-refractivity contribution < 1.29 is 0 Å². The first kappa shape index (κ1) is 13.4. The van der Waals surface area contributed by atoms with Gasteiger partial charge in [-0.1, -0.05) is 54.6 Å². The number of hydrogen-bond acceptors (Lipinski definition) is 4. The highest BCUT2D eigenvalue weighted by Gasteiger charge is 2.28. The molecule has 0 radical (unpaired) electrons. The van der Waals surface area contributed by atoms with E-state index < -0.39 is 0 Å². The first-order valence-corrected chi connectivity index (χ1v) is 7.52. The Morgan fingerprint density at radius 1 is 0.522 bits per heavy atom. The fourth-order valence-corrected chi connectivity index (χ4v) is 2.58. The molecular formula is C19H16N4. The predicted molar refractivity (Wildman–Crippen MR) is 95.3 cm³/mol. The smallest absolute Gasteiger partial charge is 0.140 e. The van der Waals surface area contributed by atoms with E-state index >= 15 is 0 Å². The number of hydrogen-bond donors (Lipinski definition) is 0. The highest BCUT2D eigenvalue weighted by atomic mass is 16.0. The molecule has 23 heavy (non-hydrogen) atoms. The van der Waals surface area contributed by atoms with Crippen LogP contribution in [0.3, 0.4) is 0 Å². The van der Waals surface area contributed by atoms with Crippen LogP contribution >= 0.6 is 0 Å². The Morgan fingerprint density at radius 3 is 1.57 bits per heavy atom. The molecule has 4 nitrogen and oxygen atoms in total. The lowest BCUT2D eigenvalue weighted by Gasteiger charge is -2.34. The van der Waals surface area contributed by atoms with E-state index in [-0.39, 0.29) is 0 Å². The summed E-state index contributed by atoms with van der Waals surface area (Å²) in [6, 6.07) is 30.5. The number of hydrazone groups is 1. The van der Waals surface area contributed by atoms with Gasteiger partial charge in [0.2, 0.25) is 0 Å². The zero-order valence-electron chi connectivity index (χ0n) is 12.5. The highest BCUT2D eigenvalue weighted by molar-refractivity contribution is 5.88. The molecule has 0 saturated heterocycles. The van der Waals surface area contributed by atoms with E-state index in [9.17, 15) is 0 Å². The van der Waals surface area contributed by atoms with Gasteiger partial charge in [0.1, 0.15) is 6.34 Å². The minimum Gasteiger partial charge on any atom is -0.220 e. The predicted octanol–water partition coefficient (Wildman–Crippen LogP) is 4.29. The van der Waals surface area contributed by atoms with Gasteiger partial charge in [-0.15, -0.1) is 5.10 Å². The summed E-state index contributed by atoms with van der Waals surface area (Å²) in [4.78, 5) is 0. The second kappa shape index (κ2) is 5.85. The number of nitrogens with zero attached hydrogens (tertiary/aromatic N) is 4. The lowest BCUT2D eigenvalue weighted by molar-refractivity contribution is 0.818. The van der Waals surface area contributed by atoms with Crippen LogP contribution in [0.5, 0.6) is 0 Å². The Hall–Kier alpha value is -3.27. The minimum atomic E-state index is 1.01. The zero-order chi connectivity index (χ0) is 15.5. The maximum Gasteiger partial charge on any atom is 0.140 e. The van der Waals surface area contributed by atoms with Crippen LogP contribution in [0.4, 0.5) is 17.1 Å². The second-order valence-corrected chi connectivity index (χ2v) is 5.16. The molecule has 4 rings (SSSR count). The summed E-state index contributed by atoms with van der Waals surface area (Å²) in [5.41, 5.74) is 3.10. The molecule has 1 aliphatic rings. The monoisotopic (exact) mass is 300 g/mol. The molecule has 3 aromatic rings. The van der Waals surface area contributed by atoms with Gasteiger partial charge in [-0.25, -0.2) is 5.01 Å². The van der Waals surface area contributed by atoms with E-state index in [1.165, 1.54) is 0 Å². The molecule has 0 amide bonds. The third-order valence-electron chi connectivity index (χ3n) is 3.65. The molecule has 0 saturated carbocycles. The van der Waals surface area contributed by atoms with Crippen LogP contribution in [0.1, 0.15) is 0 Å². The van der Waals surface area contributed by atoms with Gasteiger partial charge in [0.15, 0.2) is 0 Å². The van der Waals surface area contributed by atoms with Crippen molar-refractivity contribution >= 4 is 23.4 Å². The van der Waals surface area contributed by atoms with Crippen LogP contribution in [0.25, 0.3) is 0 Å². The SMILES string of the molecule is C1=NN(c2ccccc2)N(c2ccccc2)N1c1ccccc1. The van der Waals surface area contributed by atoms with Gasteiger partial charge in [-0.3, -0.25) is 0 Å². The summed E-state index contributed by atoms with van der Waals surface area (Å²) in [7, 11) is 0. The average Bonchev–Trinajstić information content (AvgIpc) is 3.09. The van der Waals surface area contributed by atoms with Gasteiger partial charge in [0, 0.05) is 0 Å². The Kier molecular flexibility index (Phi) is 3.41. The topological polar surface area (TPSA) is 22.1 Å². The molecule has 1 heterocycles. The van der Waals surface area contributed by atoms with E-state index in [1.54, 1.807) is 0 Å². The summed E-state index contributed by atoms with van der Waals surface area (Å²) < 4.78 is 0. The van der Waals surface area contributed by atoms with Crippen molar-refractivity contribution in [2.45, 2.75) is 0 Å². The Bertz CT molecular complexity index is 738. The lowest BCUT2D eigenvalue weighted by Crippen LogP contribution is -2.46. The average molecular weight is 300 g/mol. The van der Waals surface area contributed by atoms with E-state index in [1.807, 2.05) is 88.3 Å². The molecule has 0 unspecified atom stereocenters. The number of hydrazine groups is 2. The van der Waals surface area contributed by atoms with Crippen LogP contribution in [0, 0.1) is 0 Å². The molecule has 3 aromatic carbocycles. The molecule has 4 heteroatoms. The molecule has 1 aliphatic heterocycles. The number of anilines is 3. The third-order valence-corrected chi connectivity index (χ3v) is 3.65. The van der Waals surface area contributed by atoms with Gasteiger partial charge in [0.05, 0.1) is 17.1 Å². The normalized spacial score (nSPS) is 13.7. The molecule has 0 spiro atoms.